The maximum Gasteiger partial charge on any atom is 0.344 e. The van der Waals surface area contributed by atoms with E-state index in [9.17, 15) is 18.0 Å². The van der Waals surface area contributed by atoms with Crippen molar-refractivity contribution in [3.05, 3.63) is 28.2 Å². The summed E-state index contributed by atoms with van der Waals surface area (Å²) in [6.07, 6.45) is 0.361. The molecule has 0 aliphatic carbocycles. The average Bonchev–Trinajstić information content (AvgIpc) is 2.83. The molecule has 24 heavy (non-hydrogen) atoms. The molecule has 1 heterocycles. The van der Waals surface area contributed by atoms with E-state index in [2.05, 4.69) is 5.32 Å². The minimum absolute atomic E-state index is 0.0490. The Morgan fingerprint density at radius 3 is 2.62 bits per heavy atom. The van der Waals surface area contributed by atoms with Crippen molar-refractivity contribution in [3.63, 3.8) is 0 Å². The lowest BCUT2D eigenvalue weighted by molar-refractivity contribution is -0.150. The van der Waals surface area contributed by atoms with E-state index in [4.69, 9.17) is 32.7 Å². The molecule has 0 saturated carbocycles. The lowest BCUT2D eigenvalue weighted by Gasteiger charge is -2.11. The maximum absolute atomic E-state index is 11.6. The van der Waals surface area contributed by atoms with Crippen molar-refractivity contribution in [2.75, 3.05) is 24.7 Å². The topological polar surface area (TPSA) is 98.8 Å². The second-order valence-corrected chi connectivity index (χ2v) is 8.26. The summed E-state index contributed by atoms with van der Waals surface area (Å²) < 4.78 is 32.5. The van der Waals surface area contributed by atoms with Gasteiger partial charge in [0.2, 0.25) is 0 Å². The lowest BCUT2D eigenvalue weighted by Crippen LogP contribution is -2.38. The highest BCUT2D eigenvalue weighted by Gasteiger charge is 2.29. The highest BCUT2D eigenvalue weighted by atomic mass is 35.5. The monoisotopic (exact) mass is 395 g/mol. The van der Waals surface area contributed by atoms with Crippen LogP contribution in [-0.2, 0) is 24.2 Å². The van der Waals surface area contributed by atoms with Gasteiger partial charge in [-0.3, -0.25) is 4.79 Å². The van der Waals surface area contributed by atoms with Crippen LogP contribution in [-0.4, -0.2) is 51.1 Å². The molecule has 1 fully saturated rings. The van der Waals surface area contributed by atoms with Gasteiger partial charge in [-0.25, -0.2) is 13.2 Å². The average molecular weight is 396 g/mol. The number of benzene rings is 1. The van der Waals surface area contributed by atoms with Gasteiger partial charge in [-0.15, -0.1) is 0 Å². The Bertz CT molecular complexity index is 737. The van der Waals surface area contributed by atoms with E-state index in [1.165, 1.54) is 12.1 Å². The van der Waals surface area contributed by atoms with Crippen molar-refractivity contribution in [2.45, 2.75) is 12.5 Å². The molecule has 0 unspecified atom stereocenters. The standard InChI is InChI=1S/C14H15Cl2NO6S/c15-9-1-2-12(11(16)5-9)22-7-14(19)23-6-13(18)17-10-3-4-24(20,21)8-10/h1-2,5,10H,3-4,6-8H2,(H,17,18)/t10-/m0/s1. The zero-order chi connectivity index (χ0) is 17.7. The molecule has 1 saturated heterocycles. The van der Waals surface area contributed by atoms with Gasteiger partial charge in [0.05, 0.1) is 16.5 Å². The second kappa shape index (κ2) is 8.04. The number of carbonyl (C=O) groups excluding carboxylic acids is 2. The zero-order valence-corrected chi connectivity index (χ0v) is 14.8. The van der Waals surface area contributed by atoms with Gasteiger partial charge in [0, 0.05) is 11.1 Å². The molecule has 0 radical (unpaired) electrons. The van der Waals surface area contributed by atoms with E-state index in [1.54, 1.807) is 6.07 Å². The minimum Gasteiger partial charge on any atom is -0.480 e. The van der Waals surface area contributed by atoms with E-state index < -0.39 is 41.0 Å². The SMILES string of the molecule is O=C(COC(=O)COc1ccc(Cl)cc1Cl)N[C@H]1CCS(=O)(=O)C1. The van der Waals surface area contributed by atoms with E-state index >= 15 is 0 Å². The first-order chi connectivity index (χ1) is 11.2. The Hall–Kier alpha value is -1.51. The van der Waals surface area contributed by atoms with Crippen LogP contribution in [0.4, 0.5) is 0 Å². The van der Waals surface area contributed by atoms with E-state index in [1.807, 2.05) is 0 Å². The maximum atomic E-state index is 11.6. The molecular weight excluding hydrogens is 381 g/mol. The van der Waals surface area contributed by atoms with Gasteiger partial charge in [0.1, 0.15) is 5.75 Å². The first-order valence-electron chi connectivity index (χ1n) is 6.98. The summed E-state index contributed by atoms with van der Waals surface area (Å²) in [7, 11) is -3.08. The van der Waals surface area contributed by atoms with Crippen LogP contribution in [0.15, 0.2) is 18.2 Å². The van der Waals surface area contributed by atoms with Gasteiger partial charge in [-0.2, -0.15) is 0 Å². The first kappa shape index (κ1) is 18.8. The molecular formula is C14H15Cl2NO6S. The fraction of sp³-hybridized carbons (Fsp3) is 0.429. The number of carbonyl (C=O) groups is 2. The quantitative estimate of drug-likeness (QED) is 0.726. The Morgan fingerprint density at radius 1 is 1.25 bits per heavy atom. The number of halogens is 2. The number of sulfone groups is 1. The molecule has 132 valence electrons. The number of ether oxygens (including phenoxy) is 2. The van der Waals surface area contributed by atoms with Crippen molar-refractivity contribution in [2.24, 2.45) is 0 Å². The second-order valence-electron chi connectivity index (χ2n) is 5.19. The van der Waals surface area contributed by atoms with Crippen molar-refractivity contribution >= 4 is 44.9 Å². The fourth-order valence-electron chi connectivity index (χ4n) is 2.09. The summed E-state index contributed by atoms with van der Waals surface area (Å²) in [5, 5.41) is 3.18. The Labute approximate surface area is 149 Å². The van der Waals surface area contributed by atoms with Gasteiger partial charge in [-0.05, 0) is 24.6 Å². The molecule has 1 aromatic carbocycles. The summed E-state index contributed by atoms with van der Waals surface area (Å²) in [6, 6.07) is 4.08. The largest absolute Gasteiger partial charge is 0.480 e. The summed E-state index contributed by atoms with van der Waals surface area (Å²) in [5.74, 6) is -1.10. The summed E-state index contributed by atoms with van der Waals surface area (Å²) in [6.45, 7) is -0.931. The van der Waals surface area contributed by atoms with Crippen molar-refractivity contribution in [1.29, 1.82) is 0 Å². The fourth-order valence-corrected chi connectivity index (χ4v) is 4.23. The third-order valence-corrected chi connectivity index (χ3v) is 5.50. The Kier molecular flexibility index (Phi) is 6.31. The lowest BCUT2D eigenvalue weighted by atomic mass is 10.2. The first-order valence-corrected chi connectivity index (χ1v) is 9.56. The molecule has 1 aliphatic heterocycles. The molecule has 0 aromatic heterocycles. The predicted octanol–water partition coefficient (Wildman–Crippen LogP) is 1.22. The summed E-state index contributed by atoms with van der Waals surface area (Å²) >= 11 is 11.6. The predicted molar refractivity (Wildman–Crippen MR) is 88.1 cm³/mol. The molecule has 0 spiro atoms. The van der Waals surface area contributed by atoms with Crippen LogP contribution in [0.2, 0.25) is 10.0 Å². The zero-order valence-electron chi connectivity index (χ0n) is 12.5. The Balaban J connectivity index is 1.70. The molecule has 1 aliphatic rings. The molecule has 1 amide bonds. The summed E-state index contributed by atoms with van der Waals surface area (Å²) in [5.41, 5.74) is 0. The van der Waals surface area contributed by atoms with Crippen molar-refractivity contribution in [1.82, 2.24) is 5.32 Å². The van der Waals surface area contributed by atoms with Crippen LogP contribution in [0.3, 0.4) is 0 Å². The molecule has 10 heteroatoms. The van der Waals surface area contributed by atoms with Gasteiger partial charge in [0.15, 0.2) is 23.1 Å². The van der Waals surface area contributed by atoms with Crippen LogP contribution in [0.25, 0.3) is 0 Å². The number of hydrogen-bond acceptors (Lipinski definition) is 6. The smallest absolute Gasteiger partial charge is 0.344 e. The van der Waals surface area contributed by atoms with Gasteiger partial charge >= 0.3 is 5.97 Å². The van der Waals surface area contributed by atoms with Crippen molar-refractivity contribution in [3.8, 4) is 5.75 Å². The normalized spacial score (nSPS) is 18.8. The number of rotatable bonds is 6. The molecule has 7 nitrogen and oxygen atoms in total. The van der Waals surface area contributed by atoms with Crippen LogP contribution in [0, 0.1) is 0 Å². The van der Waals surface area contributed by atoms with Crippen molar-refractivity contribution < 1.29 is 27.5 Å². The van der Waals surface area contributed by atoms with E-state index in [-0.39, 0.29) is 22.3 Å². The minimum atomic E-state index is -3.08. The molecule has 2 rings (SSSR count). The number of nitrogens with one attached hydrogen (secondary N) is 1. The number of amides is 1. The number of esters is 1. The van der Waals surface area contributed by atoms with Crippen LogP contribution in [0.1, 0.15) is 6.42 Å². The van der Waals surface area contributed by atoms with E-state index in [0.717, 1.165) is 0 Å². The summed E-state index contributed by atoms with van der Waals surface area (Å²) in [4.78, 5) is 23.2. The highest BCUT2D eigenvalue weighted by Crippen LogP contribution is 2.27. The van der Waals surface area contributed by atoms with Gasteiger partial charge in [-0.1, -0.05) is 23.2 Å². The third-order valence-electron chi connectivity index (χ3n) is 3.20. The highest BCUT2D eigenvalue weighted by molar-refractivity contribution is 7.91. The third kappa shape index (κ3) is 5.85. The molecule has 1 aromatic rings. The van der Waals surface area contributed by atoms with Gasteiger partial charge in [0.25, 0.3) is 5.91 Å². The van der Waals surface area contributed by atoms with Crippen LogP contribution >= 0.6 is 23.2 Å². The molecule has 0 bridgehead atoms. The number of hydrogen-bond donors (Lipinski definition) is 1. The molecule has 1 N–H and O–H groups in total. The molecule has 1 atom stereocenters. The Morgan fingerprint density at radius 2 is 2.00 bits per heavy atom. The van der Waals surface area contributed by atoms with E-state index in [0.29, 0.717) is 11.4 Å². The van der Waals surface area contributed by atoms with Crippen LogP contribution in [0.5, 0.6) is 5.75 Å². The van der Waals surface area contributed by atoms with Gasteiger partial charge < -0.3 is 14.8 Å². The van der Waals surface area contributed by atoms with Crippen LogP contribution < -0.4 is 10.1 Å².